The minimum Gasteiger partial charge on any atom is -0.474 e. The quantitative estimate of drug-likeness (QED) is 0.242. The number of carbonyl (C=O) groups is 1. The second-order valence-electron chi connectivity index (χ2n) is 14.4. The zero-order valence-electron chi connectivity index (χ0n) is 28.2. The number of nitrogens with zero attached hydrogens (tertiary/aromatic N) is 6. The third-order valence-corrected chi connectivity index (χ3v) is 9.89. The highest BCUT2D eigenvalue weighted by molar-refractivity contribution is 6.08. The van der Waals surface area contributed by atoms with Gasteiger partial charge in [0.2, 0.25) is 5.88 Å². The summed E-state index contributed by atoms with van der Waals surface area (Å²) in [6.07, 6.45) is 10.3. The highest BCUT2D eigenvalue weighted by atomic mass is 16.6. The molecule has 1 saturated carbocycles. The van der Waals surface area contributed by atoms with Crippen LogP contribution in [-0.4, -0.2) is 112 Å². The Morgan fingerprint density at radius 1 is 0.809 bits per heavy atom. The number of ether oxygens (including phenoxy) is 3. The number of aryl methyl sites for hydroxylation is 1. The fourth-order valence-electron chi connectivity index (χ4n) is 7.05. The van der Waals surface area contributed by atoms with Gasteiger partial charge in [-0.15, -0.1) is 0 Å². The van der Waals surface area contributed by atoms with E-state index in [0.717, 1.165) is 89.2 Å². The number of piperidine rings is 1. The standard InChI is InChI=1S/C37H48N6O4/c1-37(2,3)47-36(44)43-19-17-42(18-20-43)16-15-41-13-10-28(11-14-41)45-29-22-30(23-29)46-35-8-6-27(24-39-35)26-5-7-31-32-25-38-12-9-33(32)40(4)34(31)21-26/h5-9,12,21,24-25,28-30H,10-11,13-20,22-23H2,1-4H3/t29-,30-. The average molecular weight is 641 g/mol. The number of carbonyl (C=O) groups excluding carboxylic acids is 1. The van der Waals surface area contributed by atoms with Crippen molar-refractivity contribution in [3.05, 3.63) is 55.0 Å². The lowest BCUT2D eigenvalue weighted by molar-refractivity contribution is -0.111. The first-order valence-electron chi connectivity index (χ1n) is 17.2. The molecule has 0 bridgehead atoms. The molecule has 3 fully saturated rings. The molecule has 250 valence electrons. The summed E-state index contributed by atoms with van der Waals surface area (Å²) >= 11 is 0. The average Bonchev–Trinajstić information content (AvgIpc) is 3.34. The summed E-state index contributed by atoms with van der Waals surface area (Å²) in [5.74, 6) is 0.675. The number of benzene rings is 1. The van der Waals surface area contributed by atoms with E-state index in [2.05, 4.69) is 61.7 Å². The number of hydrogen-bond donors (Lipinski definition) is 0. The van der Waals surface area contributed by atoms with Crippen molar-refractivity contribution < 1.29 is 19.0 Å². The molecule has 0 spiro atoms. The summed E-state index contributed by atoms with van der Waals surface area (Å²) in [5.41, 5.74) is 4.13. The monoisotopic (exact) mass is 640 g/mol. The molecular formula is C37H48N6O4. The number of aromatic nitrogens is 3. The van der Waals surface area contributed by atoms with Crippen LogP contribution < -0.4 is 4.74 Å². The van der Waals surface area contributed by atoms with Crippen LogP contribution in [0.3, 0.4) is 0 Å². The summed E-state index contributed by atoms with van der Waals surface area (Å²) < 4.78 is 20.4. The van der Waals surface area contributed by atoms with Gasteiger partial charge in [-0.1, -0.05) is 12.1 Å². The molecule has 0 atom stereocenters. The van der Waals surface area contributed by atoms with Crippen LogP contribution in [0.15, 0.2) is 55.0 Å². The predicted molar refractivity (Wildman–Crippen MR) is 184 cm³/mol. The zero-order chi connectivity index (χ0) is 32.5. The van der Waals surface area contributed by atoms with Crippen LogP contribution in [0, 0.1) is 0 Å². The Morgan fingerprint density at radius 3 is 2.23 bits per heavy atom. The van der Waals surface area contributed by atoms with E-state index in [4.69, 9.17) is 14.2 Å². The van der Waals surface area contributed by atoms with Crippen LogP contribution in [-0.2, 0) is 16.5 Å². The molecule has 0 unspecified atom stereocenters. The van der Waals surface area contributed by atoms with Crippen LogP contribution in [0.1, 0.15) is 46.5 Å². The molecule has 10 heteroatoms. The summed E-state index contributed by atoms with van der Waals surface area (Å²) in [4.78, 5) is 28.1. The first-order valence-corrected chi connectivity index (χ1v) is 17.2. The highest BCUT2D eigenvalue weighted by Gasteiger charge is 2.35. The van der Waals surface area contributed by atoms with E-state index in [9.17, 15) is 4.79 Å². The molecule has 3 aliphatic rings. The molecule has 1 amide bonds. The molecule has 10 nitrogen and oxygen atoms in total. The molecule has 5 heterocycles. The Kier molecular flexibility index (Phi) is 9.09. The van der Waals surface area contributed by atoms with Gasteiger partial charge in [-0.3, -0.25) is 9.88 Å². The van der Waals surface area contributed by atoms with Crippen LogP contribution >= 0.6 is 0 Å². The molecule has 3 aromatic heterocycles. The molecule has 7 rings (SSSR count). The lowest BCUT2D eigenvalue weighted by Crippen LogP contribution is -2.52. The molecule has 2 aliphatic heterocycles. The van der Waals surface area contributed by atoms with Crippen LogP contribution in [0.4, 0.5) is 4.79 Å². The topological polar surface area (TPSA) is 85.2 Å². The van der Waals surface area contributed by atoms with E-state index in [1.165, 1.54) is 21.8 Å². The molecular weight excluding hydrogens is 592 g/mol. The molecule has 47 heavy (non-hydrogen) atoms. The van der Waals surface area contributed by atoms with Gasteiger partial charge < -0.3 is 28.6 Å². The third-order valence-electron chi connectivity index (χ3n) is 9.89. The van der Waals surface area contributed by atoms with Crippen LogP contribution in [0.5, 0.6) is 5.88 Å². The number of amides is 1. The van der Waals surface area contributed by atoms with Crippen LogP contribution in [0.2, 0.25) is 0 Å². The maximum atomic E-state index is 12.3. The van der Waals surface area contributed by atoms with Gasteiger partial charge in [0.25, 0.3) is 0 Å². The number of hydrogen-bond acceptors (Lipinski definition) is 8. The lowest BCUT2D eigenvalue weighted by atomic mass is 9.91. The molecule has 0 radical (unpaired) electrons. The molecule has 4 aromatic rings. The van der Waals surface area contributed by atoms with E-state index in [-0.39, 0.29) is 18.3 Å². The summed E-state index contributed by atoms with van der Waals surface area (Å²) in [6.45, 7) is 13.3. The van der Waals surface area contributed by atoms with Gasteiger partial charge in [-0.25, -0.2) is 9.78 Å². The van der Waals surface area contributed by atoms with Crippen molar-refractivity contribution in [3.63, 3.8) is 0 Å². The summed E-state index contributed by atoms with van der Waals surface area (Å²) in [6, 6.07) is 12.7. The number of pyridine rings is 2. The van der Waals surface area contributed by atoms with Gasteiger partial charge in [-0.05, 0) is 57.4 Å². The predicted octanol–water partition coefficient (Wildman–Crippen LogP) is 5.73. The Labute approximate surface area is 277 Å². The first kappa shape index (κ1) is 31.8. The second kappa shape index (κ2) is 13.4. The minimum absolute atomic E-state index is 0.162. The van der Waals surface area contributed by atoms with Crippen molar-refractivity contribution in [1.29, 1.82) is 0 Å². The van der Waals surface area contributed by atoms with Crippen molar-refractivity contribution in [3.8, 4) is 17.0 Å². The number of rotatable bonds is 8. The zero-order valence-corrected chi connectivity index (χ0v) is 28.2. The van der Waals surface area contributed by atoms with E-state index in [1.54, 1.807) is 0 Å². The van der Waals surface area contributed by atoms with Crippen molar-refractivity contribution in [2.75, 3.05) is 52.4 Å². The largest absolute Gasteiger partial charge is 0.474 e. The Bertz CT molecular complexity index is 1680. The number of likely N-dealkylation sites (tertiary alicyclic amines) is 1. The number of fused-ring (bicyclic) bond motifs is 3. The Hall–Kier alpha value is -3.73. The number of piperazine rings is 1. The SMILES string of the molecule is Cn1c2ccncc2c2ccc(-c3ccc(O[C@H]4C[C@H](OC5CCN(CCN6CCN(C(=O)OC(C)(C)C)CC6)CC5)C4)nc3)cc21. The molecule has 1 aromatic carbocycles. The first-order chi connectivity index (χ1) is 22.7. The third kappa shape index (κ3) is 7.40. The molecule has 0 N–H and O–H groups in total. The normalized spacial score (nSPS) is 21.7. The van der Waals surface area contributed by atoms with Crippen molar-refractivity contribution in [2.45, 2.75) is 70.4 Å². The van der Waals surface area contributed by atoms with Gasteiger partial charge in [0.05, 0.1) is 17.7 Å². The van der Waals surface area contributed by atoms with Crippen LogP contribution in [0.25, 0.3) is 32.9 Å². The second-order valence-corrected chi connectivity index (χ2v) is 14.4. The Balaban J connectivity index is 0.800. The smallest absolute Gasteiger partial charge is 0.410 e. The van der Waals surface area contributed by atoms with Crippen molar-refractivity contribution >= 4 is 27.9 Å². The maximum absolute atomic E-state index is 12.3. The molecule has 1 aliphatic carbocycles. The van der Waals surface area contributed by atoms with Crippen molar-refractivity contribution in [1.82, 2.24) is 29.2 Å². The van der Waals surface area contributed by atoms with Gasteiger partial charge in [0, 0.05) is 119 Å². The van der Waals surface area contributed by atoms with E-state index in [1.807, 2.05) is 50.3 Å². The van der Waals surface area contributed by atoms with E-state index < -0.39 is 5.60 Å². The van der Waals surface area contributed by atoms with Crippen molar-refractivity contribution in [2.24, 2.45) is 7.05 Å². The highest BCUT2D eigenvalue weighted by Crippen LogP contribution is 2.33. The van der Waals surface area contributed by atoms with E-state index in [0.29, 0.717) is 12.0 Å². The maximum Gasteiger partial charge on any atom is 0.410 e. The van der Waals surface area contributed by atoms with E-state index >= 15 is 0 Å². The summed E-state index contributed by atoms with van der Waals surface area (Å²) in [5, 5.41) is 2.38. The van der Waals surface area contributed by atoms with Gasteiger partial charge in [-0.2, -0.15) is 0 Å². The minimum atomic E-state index is -0.446. The Morgan fingerprint density at radius 2 is 1.53 bits per heavy atom. The molecule has 2 saturated heterocycles. The summed E-state index contributed by atoms with van der Waals surface area (Å²) in [7, 11) is 2.10. The fraction of sp³-hybridized carbons (Fsp3) is 0.541. The van der Waals surface area contributed by atoms with Gasteiger partial charge in [0.15, 0.2) is 0 Å². The lowest BCUT2D eigenvalue weighted by Gasteiger charge is -2.40. The van der Waals surface area contributed by atoms with Gasteiger partial charge >= 0.3 is 6.09 Å². The fourth-order valence-corrected chi connectivity index (χ4v) is 7.05. The van der Waals surface area contributed by atoms with Gasteiger partial charge in [0.1, 0.15) is 11.7 Å².